The van der Waals surface area contributed by atoms with Gasteiger partial charge in [-0.25, -0.2) is 0 Å². The molecule has 0 spiro atoms. The van der Waals surface area contributed by atoms with Gasteiger partial charge < -0.3 is 10.0 Å². The van der Waals surface area contributed by atoms with Gasteiger partial charge in [0.25, 0.3) is 0 Å². The van der Waals surface area contributed by atoms with Crippen LogP contribution in [0.5, 0.6) is 0 Å². The summed E-state index contributed by atoms with van der Waals surface area (Å²) in [6.45, 7) is 1.13. The van der Waals surface area contributed by atoms with Gasteiger partial charge in [0.15, 0.2) is 0 Å². The minimum atomic E-state index is -0.392. The lowest BCUT2D eigenvalue weighted by atomic mass is 10.1. The molecule has 0 radical (unpaired) electrons. The summed E-state index contributed by atoms with van der Waals surface area (Å²) < 4.78 is 0. The first-order valence-electron chi connectivity index (χ1n) is 6.06. The summed E-state index contributed by atoms with van der Waals surface area (Å²) >= 11 is 6.00. The highest BCUT2D eigenvalue weighted by Crippen LogP contribution is 2.17. The van der Waals surface area contributed by atoms with Crippen molar-refractivity contribution >= 4 is 23.6 Å². The summed E-state index contributed by atoms with van der Waals surface area (Å²) in [6.07, 6.45) is 4.46. The third-order valence-electron chi connectivity index (χ3n) is 3.02. The molecule has 1 N–H and O–H groups in total. The van der Waals surface area contributed by atoms with Crippen LogP contribution in [0.2, 0.25) is 5.02 Å². The second-order valence-corrected chi connectivity index (χ2v) is 4.84. The number of hydrogen-bond acceptors (Lipinski definition) is 2. The van der Waals surface area contributed by atoms with Crippen molar-refractivity contribution in [2.24, 2.45) is 0 Å². The summed E-state index contributed by atoms with van der Waals surface area (Å²) in [7, 11) is 0. The van der Waals surface area contributed by atoms with Crippen LogP contribution >= 0.6 is 11.6 Å². The third kappa shape index (κ3) is 3.34. The Morgan fingerprint density at radius 3 is 2.94 bits per heavy atom. The fraction of sp³-hybridized carbons (Fsp3) is 0.357. The van der Waals surface area contributed by atoms with Crippen LogP contribution in [0.4, 0.5) is 0 Å². The summed E-state index contributed by atoms with van der Waals surface area (Å²) in [5.41, 5.74) is 0.824. The summed E-state index contributed by atoms with van der Waals surface area (Å²) in [5.74, 6) is -0.0753. The topological polar surface area (TPSA) is 40.5 Å². The molecule has 4 heteroatoms. The minimum Gasteiger partial charge on any atom is -0.391 e. The Bertz CT molecular complexity index is 459. The molecule has 1 fully saturated rings. The second-order valence-electron chi connectivity index (χ2n) is 4.44. The van der Waals surface area contributed by atoms with Crippen LogP contribution in [-0.4, -0.2) is 35.1 Å². The van der Waals surface area contributed by atoms with E-state index in [9.17, 15) is 9.90 Å². The van der Waals surface area contributed by atoms with E-state index in [1.807, 2.05) is 18.2 Å². The lowest BCUT2D eigenvalue weighted by molar-refractivity contribution is -0.128. The molecular weight excluding hydrogens is 250 g/mol. The summed E-state index contributed by atoms with van der Waals surface area (Å²) in [6, 6.07) is 7.37. The molecule has 1 saturated heterocycles. The molecular formula is C14H16ClNO2. The summed E-state index contributed by atoms with van der Waals surface area (Å²) in [5, 5.41) is 10.1. The Labute approximate surface area is 112 Å². The maximum atomic E-state index is 11.9. The van der Waals surface area contributed by atoms with Crippen LogP contribution in [0, 0.1) is 0 Å². The minimum absolute atomic E-state index is 0.0753. The lowest BCUT2D eigenvalue weighted by Gasteiger charge is -2.29. The molecule has 2 rings (SSSR count). The lowest BCUT2D eigenvalue weighted by Crippen LogP contribution is -2.41. The largest absolute Gasteiger partial charge is 0.391 e. The SMILES string of the molecule is O=C(/C=C/c1ccccc1Cl)N1CCCC(O)C1. The van der Waals surface area contributed by atoms with Crippen LogP contribution in [-0.2, 0) is 4.79 Å². The van der Waals surface area contributed by atoms with E-state index >= 15 is 0 Å². The summed E-state index contributed by atoms with van der Waals surface area (Å²) in [4.78, 5) is 13.6. The maximum Gasteiger partial charge on any atom is 0.246 e. The molecule has 0 bridgehead atoms. The number of amides is 1. The quantitative estimate of drug-likeness (QED) is 0.834. The first kappa shape index (κ1) is 13.1. The van der Waals surface area contributed by atoms with Gasteiger partial charge >= 0.3 is 0 Å². The number of piperidine rings is 1. The molecule has 1 aliphatic rings. The smallest absolute Gasteiger partial charge is 0.246 e. The molecule has 96 valence electrons. The molecule has 1 atom stereocenters. The molecule has 0 aromatic heterocycles. The van der Waals surface area contributed by atoms with Gasteiger partial charge in [0.1, 0.15) is 0 Å². The predicted molar refractivity (Wildman–Crippen MR) is 72.3 cm³/mol. The van der Waals surface area contributed by atoms with E-state index in [-0.39, 0.29) is 5.91 Å². The number of halogens is 1. The van der Waals surface area contributed by atoms with E-state index < -0.39 is 6.10 Å². The zero-order chi connectivity index (χ0) is 13.0. The molecule has 1 unspecified atom stereocenters. The van der Waals surface area contributed by atoms with Crippen molar-refractivity contribution in [1.29, 1.82) is 0 Å². The monoisotopic (exact) mass is 265 g/mol. The molecule has 18 heavy (non-hydrogen) atoms. The van der Waals surface area contributed by atoms with E-state index in [0.717, 1.165) is 18.4 Å². The predicted octanol–water partition coefficient (Wildman–Crippen LogP) is 2.34. The number of rotatable bonds is 2. The van der Waals surface area contributed by atoms with E-state index in [4.69, 9.17) is 11.6 Å². The number of aliphatic hydroxyl groups excluding tert-OH is 1. The van der Waals surface area contributed by atoms with Crippen molar-refractivity contribution in [3.63, 3.8) is 0 Å². The normalized spacial score (nSPS) is 20.3. The third-order valence-corrected chi connectivity index (χ3v) is 3.36. The average Bonchev–Trinajstić information content (AvgIpc) is 2.37. The van der Waals surface area contributed by atoms with Gasteiger partial charge in [-0.15, -0.1) is 0 Å². The Hall–Kier alpha value is -1.32. The van der Waals surface area contributed by atoms with Crippen LogP contribution < -0.4 is 0 Å². The molecule has 1 amide bonds. The second kappa shape index (κ2) is 6.03. The van der Waals surface area contributed by atoms with Gasteiger partial charge in [-0.3, -0.25) is 4.79 Å². The number of carbonyl (C=O) groups excluding carboxylic acids is 1. The van der Waals surface area contributed by atoms with Crippen molar-refractivity contribution in [3.8, 4) is 0 Å². The van der Waals surface area contributed by atoms with Crippen LogP contribution in [0.1, 0.15) is 18.4 Å². The van der Waals surface area contributed by atoms with Gasteiger partial charge in [0.2, 0.25) is 5.91 Å². The Balaban J connectivity index is 2.01. The van der Waals surface area contributed by atoms with Crippen molar-refractivity contribution in [2.45, 2.75) is 18.9 Å². The van der Waals surface area contributed by atoms with Crippen molar-refractivity contribution in [1.82, 2.24) is 4.90 Å². The fourth-order valence-electron chi connectivity index (χ4n) is 2.03. The van der Waals surface area contributed by atoms with E-state index in [0.29, 0.717) is 18.1 Å². The molecule has 3 nitrogen and oxygen atoms in total. The molecule has 0 saturated carbocycles. The highest BCUT2D eigenvalue weighted by molar-refractivity contribution is 6.32. The van der Waals surface area contributed by atoms with Crippen molar-refractivity contribution < 1.29 is 9.90 Å². The van der Waals surface area contributed by atoms with E-state index in [1.165, 1.54) is 6.08 Å². The first-order chi connectivity index (χ1) is 8.66. The van der Waals surface area contributed by atoms with Crippen molar-refractivity contribution in [2.75, 3.05) is 13.1 Å². The Kier molecular flexibility index (Phi) is 4.39. The molecule has 1 aromatic carbocycles. The Morgan fingerprint density at radius 2 is 2.22 bits per heavy atom. The van der Waals surface area contributed by atoms with E-state index in [1.54, 1.807) is 17.0 Å². The van der Waals surface area contributed by atoms with E-state index in [2.05, 4.69) is 0 Å². The fourth-order valence-corrected chi connectivity index (χ4v) is 2.23. The van der Waals surface area contributed by atoms with Gasteiger partial charge in [-0.05, 0) is 30.5 Å². The molecule has 1 heterocycles. The van der Waals surface area contributed by atoms with Crippen LogP contribution in [0.25, 0.3) is 6.08 Å². The maximum absolute atomic E-state index is 11.9. The zero-order valence-corrected chi connectivity index (χ0v) is 10.8. The van der Waals surface area contributed by atoms with Crippen LogP contribution in [0.3, 0.4) is 0 Å². The van der Waals surface area contributed by atoms with Gasteiger partial charge in [-0.1, -0.05) is 29.8 Å². The van der Waals surface area contributed by atoms with Crippen molar-refractivity contribution in [3.05, 3.63) is 40.9 Å². The first-order valence-corrected chi connectivity index (χ1v) is 6.44. The van der Waals surface area contributed by atoms with Gasteiger partial charge in [-0.2, -0.15) is 0 Å². The number of carbonyl (C=O) groups is 1. The Morgan fingerprint density at radius 1 is 1.44 bits per heavy atom. The molecule has 1 aromatic rings. The van der Waals surface area contributed by atoms with Gasteiger partial charge in [0.05, 0.1) is 6.10 Å². The number of hydrogen-bond donors (Lipinski definition) is 1. The number of β-amino-alcohol motifs (C(OH)–C–C–N with tert-alkyl or cyclic N) is 1. The van der Waals surface area contributed by atoms with Crippen LogP contribution in [0.15, 0.2) is 30.3 Å². The molecule has 1 aliphatic heterocycles. The standard InChI is InChI=1S/C14H16ClNO2/c15-13-6-2-1-4-11(13)7-8-14(18)16-9-3-5-12(17)10-16/h1-2,4,6-8,12,17H,3,5,9-10H2/b8-7+. The highest BCUT2D eigenvalue weighted by atomic mass is 35.5. The molecule has 0 aliphatic carbocycles. The number of aliphatic hydroxyl groups is 1. The number of benzene rings is 1. The average molecular weight is 266 g/mol. The zero-order valence-electron chi connectivity index (χ0n) is 10.1. The number of likely N-dealkylation sites (tertiary alicyclic amines) is 1. The highest BCUT2D eigenvalue weighted by Gasteiger charge is 2.20. The van der Waals surface area contributed by atoms with Gasteiger partial charge in [0, 0.05) is 24.2 Å². The number of nitrogens with zero attached hydrogens (tertiary/aromatic N) is 1.